The molecule has 1 N–H and O–H groups in total. The number of nitrogens with zero attached hydrogens (tertiary/aromatic N) is 2. The van der Waals surface area contributed by atoms with E-state index in [2.05, 4.69) is 15.5 Å². The minimum Gasteiger partial charge on any atom is -0.437 e. The molecule has 0 radical (unpaired) electrons. The average Bonchev–Trinajstić information content (AvgIpc) is 2.50. The quantitative estimate of drug-likeness (QED) is 0.787. The first kappa shape index (κ1) is 12.6. The third kappa shape index (κ3) is 2.46. The number of nitrogens with one attached hydrogen (secondary N) is 1. The fourth-order valence-electron chi connectivity index (χ4n) is 2.12. The molecular formula is C16H15N3O. The van der Waals surface area contributed by atoms with Crippen LogP contribution < -0.4 is 10.1 Å². The maximum absolute atomic E-state index is 5.96. The molecule has 0 saturated heterocycles. The highest BCUT2D eigenvalue weighted by Gasteiger charge is 2.08. The highest BCUT2D eigenvalue weighted by molar-refractivity contribution is 5.86. The van der Waals surface area contributed by atoms with E-state index in [9.17, 15) is 0 Å². The Bertz CT molecular complexity index is 722. The number of hydrogen-bond acceptors (Lipinski definition) is 4. The largest absolute Gasteiger partial charge is 0.437 e. The molecule has 20 heavy (non-hydrogen) atoms. The van der Waals surface area contributed by atoms with Gasteiger partial charge in [-0.15, -0.1) is 5.10 Å². The standard InChI is InChI=1S/C16H15N3O/c1-17-10-13-7-3-5-9-15(13)20-16-14-8-4-2-6-12(14)11-18-19-16/h2-9,11,17H,10H2,1H3. The summed E-state index contributed by atoms with van der Waals surface area (Å²) in [6.07, 6.45) is 1.74. The topological polar surface area (TPSA) is 47.0 Å². The van der Waals surface area contributed by atoms with Gasteiger partial charge in [-0.3, -0.25) is 0 Å². The van der Waals surface area contributed by atoms with E-state index in [1.165, 1.54) is 0 Å². The van der Waals surface area contributed by atoms with Crippen molar-refractivity contribution < 1.29 is 4.74 Å². The molecule has 4 nitrogen and oxygen atoms in total. The van der Waals surface area contributed by atoms with Crippen LogP contribution in [0.5, 0.6) is 11.6 Å². The molecule has 0 aliphatic heterocycles. The van der Waals surface area contributed by atoms with E-state index >= 15 is 0 Å². The monoisotopic (exact) mass is 265 g/mol. The molecule has 0 spiro atoms. The van der Waals surface area contributed by atoms with Crippen LogP contribution in [-0.4, -0.2) is 17.2 Å². The van der Waals surface area contributed by atoms with Gasteiger partial charge in [0.15, 0.2) is 0 Å². The van der Waals surface area contributed by atoms with Crippen LogP contribution in [0.25, 0.3) is 10.8 Å². The van der Waals surface area contributed by atoms with E-state index in [0.717, 1.165) is 28.6 Å². The number of benzene rings is 2. The van der Waals surface area contributed by atoms with Crippen molar-refractivity contribution in [2.75, 3.05) is 7.05 Å². The second-order valence-electron chi connectivity index (χ2n) is 4.48. The second kappa shape index (κ2) is 5.67. The molecule has 4 heteroatoms. The Kier molecular flexibility index (Phi) is 3.56. The minimum atomic E-state index is 0.534. The van der Waals surface area contributed by atoms with Crippen molar-refractivity contribution in [2.24, 2.45) is 0 Å². The van der Waals surface area contributed by atoms with Crippen LogP contribution in [-0.2, 0) is 6.54 Å². The minimum absolute atomic E-state index is 0.534. The Morgan fingerprint density at radius 2 is 1.85 bits per heavy atom. The van der Waals surface area contributed by atoms with Crippen molar-refractivity contribution in [3.8, 4) is 11.6 Å². The molecule has 3 rings (SSSR count). The Morgan fingerprint density at radius 3 is 2.75 bits per heavy atom. The third-order valence-electron chi connectivity index (χ3n) is 3.08. The normalized spacial score (nSPS) is 10.7. The Hall–Kier alpha value is -2.46. The van der Waals surface area contributed by atoms with Crippen molar-refractivity contribution in [3.63, 3.8) is 0 Å². The van der Waals surface area contributed by atoms with Gasteiger partial charge in [0.2, 0.25) is 5.88 Å². The van der Waals surface area contributed by atoms with E-state index in [-0.39, 0.29) is 0 Å². The lowest BCUT2D eigenvalue weighted by molar-refractivity contribution is 0.454. The van der Waals surface area contributed by atoms with Gasteiger partial charge >= 0.3 is 0 Å². The van der Waals surface area contributed by atoms with Gasteiger partial charge in [0.25, 0.3) is 0 Å². The Morgan fingerprint density at radius 1 is 1.05 bits per heavy atom. The molecule has 0 atom stereocenters. The number of fused-ring (bicyclic) bond motifs is 1. The van der Waals surface area contributed by atoms with Gasteiger partial charge < -0.3 is 10.1 Å². The maximum Gasteiger partial charge on any atom is 0.246 e. The van der Waals surface area contributed by atoms with Crippen molar-refractivity contribution in [1.82, 2.24) is 15.5 Å². The van der Waals surface area contributed by atoms with Gasteiger partial charge in [-0.1, -0.05) is 36.4 Å². The fraction of sp³-hybridized carbons (Fsp3) is 0.125. The summed E-state index contributed by atoms with van der Waals surface area (Å²) >= 11 is 0. The molecule has 1 heterocycles. The van der Waals surface area contributed by atoms with Gasteiger partial charge in [0, 0.05) is 22.9 Å². The summed E-state index contributed by atoms with van der Waals surface area (Å²) in [6.45, 7) is 0.744. The van der Waals surface area contributed by atoms with Crippen molar-refractivity contribution in [1.29, 1.82) is 0 Å². The smallest absolute Gasteiger partial charge is 0.246 e. The molecule has 0 unspecified atom stereocenters. The zero-order valence-corrected chi connectivity index (χ0v) is 11.2. The predicted molar refractivity (Wildman–Crippen MR) is 78.8 cm³/mol. The summed E-state index contributed by atoms with van der Waals surface area (Å²) in [7, 11) is 1.91. The second-order valence-corrected chi connectivity index (χ2v) is 4.48. The lowest BCUT2D eigenvalue weighted by Crippen LogP contribution is -2.06. The molecule has 0 saturated carbocycles. The zero-order chi connectivity index (χ0) is 13.8. The van der Waals surface area contributed by atoms with Crippen molar-refractivity contribution in [3.05, 3.63) is 60.3 Å². The highest BCUT2D eigenvalue weighted by Crippen LogP contribution is 2.28. The summed E-state index contributed by atoms with van der Waals surface area (Å²) in [5.41, 5.74) is 1.09. The Balaban J connectivity index is 2.01. The van der Waals surface area contributed by atoms with Gasteiger partial charge in [0.05, 0.1) is 6.20 Å². The first-order valence-electron chi connectivity index (χ1n) is 6.49. The number of aromatic nitrogens is 2. The van der Waals surface area contributed by atoms with Gasteiger partial charge in [-0.2, -0.15) is 5.10 Å². The van der Waals surface area contributed by atoms with Gasteiger partial charge in [-0.05, 0) is 19.2 Å². The van der Waals surface area contributed by atoms with Crippen LogP contribution in [0.3, 0.4) is 0 Å². The van der Waals surface area contributed by atoms with Gasteiger partial charge in [0.1, 0.15) is 5.75 Å². The maximum atomic E-state index is 5.96. The van der Waals surface area contributed by atoms with E-state index in [4.69, 9.17) is 4.74 Å². The zero-order valence-electron chi connectivity index (χ0n) is 11.2. The third-order valence-corrected chi connectivity index (χ3v) is 3.08. The molecule has 0 bridgehead atoms. The van der Waals surface area contributed by atoms with Crippen LogP contribution in [0.1, 0.15) is 5.56 Å². The molecule has 0 aliphatic rings. The molecule has 3 aromatic rings. The lowest BCUT2D eigenvalue weighted by Gasteiger charge is -2.11. The van der Waals surface area contributed by atoms with Gasteiger partial charge in [-0.25, -0.2) is 0 Å². The molecule has 0 fully saturated rings. The van der Waals surface area contributed by atoms with E-state index in [1.54, 1.807) is 6.20 Å². The first-order valence-corrected chi connectivity index (χ1v) is 6.49. The lowest BCUT2D eigenvalue weighted by atomic mass is 10.2. The predicted octanol–water partition coefficient (Wildman–Crippen LogP) is 3.14. The first-order chi connectivity index (χ1) is 9.88. The molecule has 2 aromatic carbocycles. The fourth-order valence-corrected chi connectivity index (χ4v) is 2.12. The SMILES string of the molecule is CNCc1ccccc1Oc1nncc2ccccc12. The summed E-state index contributed by atoms with van der Waals surface area (Å²) in [5.74, 6) is 1.33. The van der Waals surface area contributed by atoms with E-state index in [0.29, 0.717) is 5.88 Å². The molecule has 1 aromatic heterocycles. The molecule has 0 amide bonds. The summed E-state index contributed by atoms with van der Waals surface area (Å²) in [4.78, 5) is 0. The van der Waals surface area contributed by atoms with Crippen LogP contribution in [0.15, 0.2) is 54.7 Å². The highest BCUT2D eigenvalue weighted by atomic mass is 16.5. The molecule has 0 aliphatic carbocycles. The number of ether oxygens (including phenoxy) is 1. The van der Waals surface area contributed by atoms with E-state index < -0.39 is 0 Å². The molecule has 100 valence electrons. The van der Waals surface area contributed by atoms with Crippen LogP contribution in [0, 0.1) is 0 Å². The number of rotatable bonds is 4. The summed E-state index contributed by atoms with van der Waals surface area (Å²) in [6, 6.07) is 15.8. The average molecular weight is 265 g/mol. The van der Waals surface area contributed by atoms with Crippen molar-refractivity contribution in [2.45, 2.75) is 6.54 Å². The number of hydrogen-bond donors (Lipinski definition) is 1. The van der Waals surface area contributed by atoms with Crippen molar-refractivity contribution >= 4 is 10.8 Å². The summed E-state index contributed by atoms with van der Waals surface area (Å²) in [5, 5.41) is 13.2. The van der Waals surface area contributed by atoms with Crippen LogP contribution in [0.2, 0.25) is 0 Å². The van der Waals surface area contributed by atoms with E-state index in [1.807, 2.05) is 55.6 Å². The number of para-hydroxylation sites is 1. The van der Waals surface area contributed by atoms with Crippen LogP contribution >= 0.6 is 0 Å². The van der Waals surface area contributed by atoms with Crippen LogP contribution in [0.4, 0.5) is 0 Å². The molecular weight excluding hydrogens is 250 g/mol. The summed E-state index contributed by atoms with van der Waals surface area (Å²) < 4.78 is 5.96. The Labute approximate surface area is 117 Å².